The highest BCUT2D eigenvalue weighted by Crippen LogP contribution is 2.13. The topological polar surface area (TPSA) is 35.0 Å². The lowest BCUT2D eigenvalue weighted by molar-refractivity contribution is 0.497. The molecular weight excluding hydrogens is 146 g/mol. The molecule has 0 aliphatic carbocycles. The largest absolute Gasteiger partial charge is 0.344 e. The highest BCUT2D eigenvalue weighted by molar-refractivity contribution is 6.18. The molecule has 1 nitrogen and oxygen atoms in total. The van der Waals surface area contributed by atoms with Crippen molar-refractivity contribution in [3.8, 4) is 0 Å². The van der Waals surface area contributed by atoms with Crippen LogP contribution >= 0.6 is 11.6 Å². The van der Waals surface area contributed by atoms with Crippen molar-refractivity contribution in [2.45, 2.75) is 39.5 Å². The fraction of sp³-hybridized carbons (Fsp3) is 1.00. The molecule has 0 aromatic heterocycles. The normalized spacial score (nSPS) is 12.3. The summed E-state index contributed by atoms with van der Waals surface area (Å²) in [6.45, 7) is 4.43. The Hall–Kier alpha value is 0.250. The molecule has 1 atom stereocenters. The Kier molecular flexibility index (Phi) is 11.9. The van der Waals surface area contributed by atoms with Crippen molar-refractivity contribution in [2.75, 3.05) is 5.88 Å². The van der Waals surface area contributed by atoms with E-state index in [0.717, 1.165) is 11.8 Å². The maximum absolute atomic E-state index is 5.70. The molecule has 0 bridgehead atoms. The highest BCUT2D eigenvalue weighted by atomic mass is 35.5. The van der Waals surface area contributed by atoms with Gasteiger partial charge in [0.15, 0.2) is 0 Å². The predicted molar refractivity (Wildman–Crippen MR) is 49.0 cm³/mol. The molecule has 0 saturated carbocycles. The third-order valence-electron chi connectivity index (χ3n) is 1.76. The first-order chi connectivity index (χ1) is 4.35. The molecule has 0 spiro atoms. The lowest BCUT2D eigenvalue weighted by Gasteiger charge is -2.08. The minimum absolute atomic E-state index is 0. The number of hydrogen-bond donors (Lipinski definition) is 1. The van der Waals surface area contributed by atoms with Crippen molar-refractivity contribution in [1.82, 2.24) is 6.15 Å². The number of halogens is 1. The smallest absolute Gasteiger partial charge is 0.0251 e. The first-order valence-corrected chi connectivity index (χ1v) is 4.44. The molecule has 0 heterocycles. The molecule has 0 aliphatic rings. The molecule has 1 unspecified atom stereocenters. The van der Waals surface area contributed by atoms with Crippen molar-refractivity contribution in [3.05, 3.63) is 0 Å². The third-order valence-corrected chi connectivity index (χ3v) is 2.20. The summed E-state index contributed by atoms with van der Waals surface area (Å²) in [5.41, 5.74) is 0. The van der Waals surface area contributed by atoms with Crippen LogP contribution in [0.5, 0.6) is 0 Å². The van der Waals surface area contributed by atoms with Gasteiger partial charge in [-0.3, -0.25) is 0 Å². The van der Waals surface area contributed by atoms with Gasteiger partial charge in [-0.25, -0.2) is 0 Å². The minimum Gasteiger partial charge on any atom is -0.344 e. The Morgan fingerprint density at radius 3 is 2.20 bits per heavy atom. The van der Waals surface area contributed by atoms with E-state index in [-0.39, 0.29) is 6.15 Å². The number of rotatable bonds is 5. The molecule has 0 amide bonds. The predicted octanol–water partition coefficient (Wildman–Crippen LogP) is 3.60. The summed E-state index contributed by atoms with van der Waals surface area (Å²) in [5, 5.41) is 0. The molecule has 2 heteroatoms. The van der Waals surface area contributed by atoms with E-state index in [2.05, 4.69) is 13.8 Å². The fourth-order valence-electron chi connectivity index (χ4n) is 0.883. The third kappa shape index (κ3) is 6.37. The molecule has 0 radical (unpaired) electrons. The average Bonchev–Trinajstić information content (AvgIpc) is 1.91. The summed E-state index contributed by atoms with van der Waals surface area (Å²) >= 11 is 5.70. The summed E-state index contributed by atoms with van der Waals surface area (Å²) in [6, 6.07) is 0. The highest BCUT2D eigenvalue weighted by Gasteiger charge is 2.01. The minimum atomic E-state index is 0. The molecule has 0 fully saturated rings. The average molecular weight is 166 g/mol. The Morgan fingerprint density at radius 1 is 1.30 bits per heavy atom. The van der Waals surface area contributed by atoms with Crippen LogP contribution < -0.4 is 6.15 Å². The van der Waals surface area contributed by atoms with Gasteiger partial charge in [-0.15, -0.1) is 11.6 Å². The van der Waals surface area contributed by atoms with Crippen LogP contribution in [-0.4, -0.2) is 5.88 Å². The monoisotopic (exact) mass is 165 g/mol. The molecular formula is C8H20ClN. The van der Waals surface area contributed by atoms with Crippen molar-refractivity contribution in [2.24, 2.45) is 5.92 Å². The quantitative estimate of drug-likeness (QED) is 0.621. The molecule has 0 rings (SSSR count). The van der Waals surface area contributed by atoms with Gasteiger partial charge in [-0.2, -0.15) is 0 Å². The second-order valence-electron chi connectivity index (χ2n) is 2.57. The van der Waals surface area contributed by atoms with E-state index in [1.54, 1.807) is 0 Å². The van der Waals surface area contributed by atoms with Gasteiger partial charge in [0.25, 0.3) is 0 Å². The summed E-state index contributed by atoms with van der Waals surface area (Å²) < 4.78 is 0. The molecule has 0 aromatic carbocycles. The summed E-state index contributed by atoms with van der Waals surface area (Å²) in [4.78, 5) is 0. The van der Waals surface area contributed by atoms with Crippen molar-refractivity contribution in [1.29, 1.82) is 0 Å². The van der Waals surface area contributed by atoms with Crippen LogP contribution in [0.1, 0.15) is 39.5 Å². The maximum Gasteiger partial charge on any atom is 0.0251 e. The van der Waals surface area contributed by atoms with E-state index >= 15 is 0 Å². The summed E-state index contributed by atoms with van der Waals surface area (Å²) in [7, 11) is 0. The zero-order valence-corrected chi connectivity index (χ0v) is 7.95. The van der Waals surface area contributed by atoms with E-state index in [9.17, 15) is 0 Å². The van der Waals surface area contributed by atoms with E-state index in [1.807, 2.05) is 0 Å². The molecule has 64 valence electrons. The zero-order chi connectivity index (χ0) is 7.11. The van der Waals surface area contributed by atoms with Crippen LogP contribution in [-0.2, 0) is 0 Å². The Balaban J connectivity index is 0. The van der Waals surface area contributed by atoms with Crippen molar-refractivity contribution in [3.63, 3.8) is 0 Å². The number of hydrogen-bond acceptors (Lipinski definition) is 1. The number of alkyl halides is 1. The van der Waals surface area contributed by atoms with Crippen molar-refractivity contribution < 1.29 is 0 Å². The van der Waals surface area contributed by atoms with Gasteiger partial charge >= 0.3 is 0 Å². The van der Waals surface area contributed by atoms with Gasteiger partial charge in [0.1, 0.15) is 0 Å². The molecule has 0 aliphatic heterocycles. The number of unbranched alkanes of at least 4 members (excludes halogenated alkanes) is 1. The van der Waals surface area contributed by atoms with Crippen LogP contribution in [0.4, 0.5) is 0 Å². The van der Waals surface area contributed by atoms with Crippen LogP contribution in [0.25, 0.3) is 0 Å². The van der Waals surface area contributed by atoms with Crippen LogP contribution in [0.2, 0.25) is 0 Å². The lowest BCUT2D eigenvalue weighted by Crippen LogP contribution is -1.99. The molecule has 0 saturated heterocycles. The van der Waals surface area contributed by atoms with Crippen molar-refractivity contribution >= 4 is 11.6 Å². The SMILES string of the molecule is CCCCC(CC)CCl.N. The lowest BCUT2D eigenvalue weighted by atomic mass is 10.0. The molecule has 10 heavy (non-hydrogen) atoms. The van der Waals surface area contributed by atoms with Gasteiger partial charge < -0.3 is 6.15 Å². The van der Waals surface area contributed by atoms with Gasteiger partial charge in [0.2, 0.25) is 0 Å². The Labute approximate surface area is 69.7 Å². The Morgan fingerprint density at radius 2 is 1.90 bits per heavy atom. The first kappa shape index (κ1) is 12.9. The Bertz CT molecular complexity index is 53.2. The van der Waals surface area contributed by atoms with Gasteiger partial charge in [0, 0.05) is 5.88 Å². The molecule has 3 N–H and O–H groups in total. The summed E-state index contributed by atoms with van der Waals surface area (Å²) in [5.74, 6) is 1.61. The first-order valence-electron chi connectivity index (χ1n) is 3.91. The summed E-state index contributed by atoms with van der Waals surface area (Å²) in [6.07, 6.45) is 5.19. The van der Waals surface area contributed by atoms with Gasteiger partial charge in [-0.1, -0.05) is 33.1 Å². The van der Waals surface area contributed by atoms with Gasteiger partial charge in [0.05, 0.1) is 0 Å². The van der Waals surface area contributed by atoms with Crippen LogP contribution in [0.15, 0.2) is 0 Å². The fourth-order valence-corrected chi connectivity index (χ4v) is 1.26. The van der Waals surface area contributed by atoms with Crippen LogP contribution in [0.3, 0.4) is 0 Å². The van der Waals surface area contributed by atoms with E-state index in [1.165, 1.54) is 25.7 Å². The molecule has 0 aromatic rings. The van der Waals surface area contributed by atoms with E-state index in [0.29, 0.717) is 0 Å². The second-order valence-corrected chi connectivity index (χ2v) is 2.88. The van der Waals surface area contributed by atoms with E-state index in [4.69, 9.17) is 11.6 Å². The van der Waals surface area contributed by atoms with Crippen LogP contribution in [0, 0.1) is 5.92 Å². The van der Waals surface area contributed by atoms with E-state index < -0.39 is 0 Å². The maximum atomic E-state index is 5.70. The van der Waals surface area contributed by atoms with Gasteiger partial charge in [-0.05, 0) is 12.3 Å². The standard InChI is InChI=1S/C8H17Cl.H3N/c1-3-5-6-8(4-2)7-9;/h8H,3-7H2,1-2H3;1H3. The second kappa shape index (κ2) is 9.25. The zero-order valence-electron chi connectivity index (χ0n) is 7.20.